The average molecular weight is 304 g/mol. The topological polar surface area (TPSA) is 55.6 Å². The van der Waals surface area contributed by atoms with Gasteiger partial charge in [0.2, 0.25) is 5.91 Å². The second-order valence-electron chi connectivity index (χ2n) is 6.47. The maximum atomic E-state index is 12.4. The normalized spacial score (nSPS) is 21.7. The Labute approximate surface area is 133 Å². The number of nitrogens with two attached hydrogens (primary N) is 1. The van der Waals surface area contributed by atoms with Crippen LogP contribution in [0.15, 0.2) is 18.2 Å². The van der Waals surface area contributed by atoms with Crippen molar-refractivity contribution in [1.82, 2.24) is 4.90 Å². The number of hydrogen-bond acceptors (Lipinski definition) is 3. The summed E-state index contributed by atoms with van der Waals surface area (Å²) in [6.07, 6.45) is 2.50. The van der Waals surface area contributed by atoms with E-state index in [0.717, 1.165) is 30.7 Å². The van der Waals surface area contributed by atoms with E-state index in [4.69, 9.17) is 10.5 Å². The molecule has 22 heavy (non-hydrogen) atoms. The van der Waals surface area contributed by atoms with E-state index in [-0.39, 0.29) is 11.9 Å². The molecule has 2 atom stereocenters. The number of rotatable bonds is 5. The predicted molar refractivity (Wildman–Crippen MR) is 89.0 cm³/mol. The van der Waals surface area contributed by atoms with Crippen LogP contribution in [0.1, 0.15) is 37.3 Å². The molecule has 4 nitrogen and oxygen atoms in total. The second kappa shape index (κ2) is 7.63. The lowest BCUT2D eigenvalue weighted by molar-refractivity contribution is -0.135. The van der Waals surface area contributed by atoms with Crippen molar-refractivity contribution in [3.8, 4) is 5.75 Å². The van der Waals surface area contributed by atoms with E-state index >= 15 is 0 Å². The van der Waals surface area contributed by atoms with Crippen LogP contribution in [0.4, 0.5) is 0 Å². The van der Waals surface area contributed by atoms with Gasteiger partial charge in [0.1, 0.15) is 5.75 Å². The van der Waals surface area contributed by atoms with Gasteiger partial charge < -0.3 is 15.4 Å². The molecule has 1 aromatic carbocycles. The van der Waals surface area contributed by atoms with Crippen molar-refractivity contribution in [3.05, 3.63) is 29.3 Å². The molecule has 0 spiro atoms. The van der Waals surface area contributed by atoms with E-state index in [1.807, 2.05) is 24.0 Å². The number of hydrogen-bond donors (Lipinski definition) is 1. The molecule has 0 saturated carbocycles. The highest BCUT2D eigenvalue weighted by Gasteiger charge is 2.28. The Bertz CT molecular complexity index is 516. The smallest absolute Gasteiger partial charge is 0.226 e. The van der Waals surface area contributed by atoms with Gasteiger partial charge in [-0.2, -0.15) is 0 Å². The number of carbonyl (C=O) groups excluding carboxylic acids is 1. The Morgan fingerprint density at radius 1 is 1.41 bits per heavy atom. The van der Waals surface area contributed by atoms with Gasteiger partial charge in [0.05, 0.1) is 13.0 Å². The van der Waals surface area contributed by atoms with Crippen LogP contribution in [0.3, 0.4) is 0 Å². The number of carbonyl (C=O) groups is 1. The standard InChI is InChI=1S/C18H28N2O2/c1-13-4-5-17(15(3)10-13)22-9-7-18(21)20-8-6-14(2)11-16(20)12-19/h4-5,10,14,16H,6-9,11-12,19H2,1-3H3. The highest BCUT2D eigenvalue weighted by atomic mass is 16.5. The molecule has 2 rings (SSSR count). The number of amides is 1. The van der Waals surface area contributed by atoms with Gasteiger partial charge in [0, 0.05) is 19.1 Å². The quantitative estimate of drug-likeness (QED) is 0.910. The molecule has 0 aliphatic carbocycles. The maximum Gasteiger partial charge on any atom is 0.226 e. The van der Waals surface area contributed by atoms with E-state index in [0.29, 0.717) is 25.5 Å². The molecular formula is C18H28N2O2. The van der Waals surface area contributed by atoms with E-state index in [1.165, 1.54) is 5.56 Å². The molecule has 1 saturated heterocycles. The molecule has 1 amide bonds. The van der Waals surface area contributed by atoms with Gasteiger partial charge in [-0.05, 0) is 44.2 Å². The summed E-state index contributed by atoms with van der Waals surface area (Å²) in [5.41, 5.74) is 8.15. The summed E-state index contributed by atoms with van der Waals surface area (Å²) in [6, 6.07) is 6.28. The zero-order valence-corrected chi connectivity index (χ0v) is 14.0. The van der Waals surface area contributed by atoms with Crippen molar-refractivity contribution in [1.29, 1.82) is 0 Å². The number of benzene rings is 1. The van der Waals surface area contributed by atoms with E-state index in [9.17, 15) is 4.79 Å². The summed E-state index contributed by atoms with van der Waals surface area (Å²) < 4.78 is 5.76. The van der Waals surface area contributed by atoms with Gasteiger partial charge in [-0.25, -0.2) is 0 Å². The molecule has 4 heteroatoms. The minimum absolute atomic E-state index is 0.159. The first kappa shape index (κ1) is 16.8. The fraction of sp³-hybridized carbons (Fsp3) is 0.611. The predicted octanol–water partition coefficient (Wildman–Crippen LogP) is 2.66. The number of piperidine rings is 1. The van der Waals surface area contributed by atoms with Crippen LogP contribution in [0.5, 0.6) is 5.75 Å². The second-order valence-corrected chi connectivity index (χ2v) is 6.47. The van der Waals surface area contributed by atoms with Crippen molar-refractivity contribution in [3.63, 3.8) is 0 Å². The summed E-state index contributed by atoms with van der Waals surface area (Å²) in [6.45, 7) is 8.12. The lowest BCUT2D eigenvalue weighted by Gasteiger charge is -2.38. The lowest BCUT2D eigenvalue weighted by atomic mass is 9.92. The Hall–Kier alpha value is -1.55. The molecule has 2 unspecified atom stereocenters. The SMILES string of the molecule is Cc1ccc(OCCC(=O)N2CCC(C)CC2CN)c(C)c1. The third kappa shape index (κ3) is 4.23. The molecule has 1 fully saturated rings. The van der Waals surface area contributed by atoms with Gasteiger partial charge in [0.15, 0.2) is 0 Å². The summed E-state index contributed by atoms with van der Waals surface area (Å²) in [4.78, 5) is 14.3. The first-order chi connectivity index (χ1) is 10.5. The highest BCUT2D eigenvalue weighted by molar-refractivity contribution is 5.76. The molecule has 1 aliphatic rings. The highest BCUT2D eigenvalue weighted by Crippen LogP contribution is 2.23. The van der Waals surface area contributed by atoms with E-state index in [2.05, 4.69) is 19.9 Å². The van der Waals surface area contributed by atoms with Crippen LogP contribution in [0.2, 0.25) is 0 Å². The van der Waals surface area contributed by atoms with Crippen LogP contribution in [-0.2, 0) is 4.79 Å². The summed E-state index contributed by atoms with van der Waals surface area (Å²) in [5.74, 6) is 1.68. The molecule has 0 bridgehead atoms. The van der Waals surface area contributed by atoms with Crippen molar-refractivity contribution < 1.29 is 9.53 Å². The number of ether oxygens (including phenoxy) is 1. The Morgan fingerprint density at radius 3 is 2.86 bits per heavy atom. The minimum Gasteiger partial charge on any atom is -0.493 e. The Morgan fingerprint density at radius 2 is 2.18 bits per heavy atom. The van der Waals surface area contributed by atoms with Crippen molar-refractivity contribution >= 4 is 5.91 Å². The first-order valence-electron chi connectivity index (χ1n) is 8.21. The van der Waals surface area contributed by atoms with E-state index in [1.54, 1.807) is 0 Å². The number of likely N-dealkylation sites (tertiary alicyclic amines) is 1. The van der Waals surface area contributed by atoms with Crippen molar-refractivity contribution in [2.75, 3.05) is 19.7 Å². The number of aryl methyl sites for hydroxylation is 2. The third-order valence-corrected chi connectivity index (χ3v) is 4.47. The van der Waals surface area contributed by atoms with Gasteiger partial charge in [0.25, 0.3) is 0 Å². The van der Waals surface area contributed by atoms with Crippen LogP contribution < -0.4 is 10.5 Å². The molecule has 1 aliphatic heterocycles. The Balaban J connectivity index is 1.84. The van der Waals surface area contributed by atoms with E-state index < -0.39 is 0 Å². The van der Waals surface area contributed by atoms with Crippen LogP contribution >= 0.6 is 0 Å². The lowest BCUT2D eigenvalue weighted by Crippen LogP contribution is -2.49. The molecule has 0 radical (unpaired) electrons. The minimum atomic E-state index is 0.159. The largest absolute Gasteiger partial charge is 0.493 e. The third-order valence-electron chi connectivity index (χ3n) is 4.47. The summed E-state index contributed by atoms with van der Waals surface area (Å²) in [7, 11) is 0. The molecule has 122 valence electrons. The van der Waals surface area contributed by atoms with Crippen molar-refractivity contribution in [2.24, 2.45) is 11.7 Å². The monoisotopic (exact) mass is 304 g/mol. The van der Waals surface area contributed by atoms with Gasteiger partial charge in [-0.3, -0.25) is 4.79 Å². The van der Waals surface area contributed by atoms with Gasteiger partial charge in [-0.1, -0.05) is 24.6 Å². The average Bonchev–Trinajstić information content (AvgIpc) is 2.49. The first-order valence-corrected chi connectivity index (χ1v) is 8.21. The molecule has 1 aromatic rings. The van der Waals surface area contributed by atoms with Crippen LogP contribution in [0.25, 0.3) is 0 Å². The molecule has 1 heterocycles. The van der Waals surface area contributed by atoms with Gasteiger partial charge >= 0.3 is 0 Å². The molecule has 0 aromatic heterocycles. The summed E-state index contributed by atoms with van der Waals surface area (Å²) in [5, 5.41) is 0. The summed E-state index contributed by atoms with van der Waals surface area (Å²) >= 11 is 0. The number of nitrogens with zero attached hydrogens (tertiary/aromatic N) is 1. The zero-order chi connectivity index (χ0) is 16.1. The van der Waals surface area contributed by atoms with Crippen molar-refractivity contribution in [2.45, 2.75) is 46.1 Å². The van der Waals surface area contributed by atoms with Crippen LogP contribution in [0, 0.1) is 19.8 Å². The fourth-order valence-corrected chi connectivity index (χ4v) is 3.16. The zero-order valence-electron chi connectivity index (χ0n) is 14.0. The maximum absolute atomic E-state index is 12.4. The Kier molecular flexibility index (Phi) is 5.83. The molecular weight excluding hydrogens is 276 g/mol. The fourth-order valence-electron chi connectivity index (χ4n) is 3.16. The van der Waals surface area contributed by atoms with Crippen LogP contribution in [-0.4, -0.2) is 36.5 Å². The van der Waals surface area contributed by atoms with Gasteiger partial charge in [-0.15, -0.1) is 0 Å². The molecule has 2 N–H and O–H groups in total.